The smallest absolute Gasteiger partial charge is 0.185 e. The zero-order chi connectivity index (χ0) is 23.8. The molecule has 6 unspecified atom stereocenters. The topological polar surface area (TPSA) is 208 Å². The largest absolute Gasteiger partial charge is 0.390 e. The molecule has 11 N–H and O–H groups in total. The zero-order valence-electron chi connectivity index (χ0n) is 18.9. The molecule has 13 atom stereocenters. The van der Waals surface area contributed by atoms with Crippen LogP contribution in [0.2, 0.25) is 0 Å². The van der Waals surface area contributed by atoms with E-state index in [4.69, 9.17) is 36.1 Å². The van der Waals surface area contributed by atoms with Crippen LogP contribution in [0.25, 0.3) is 0 Å². The van der Waals surface area contributed by atoms with E-state index in [1.807, 2.05) is 6.92 Å². The number of hydrogen-bond donors (Lipinski definition) is 8. The molecule has 2 heterocycles. The Bertz CT molecular complexity index is 616. The van der Waals surface area contributed by atoms with Gasteiger partial charge in [-0.25, -0.2) is 0 Å². The lowest BCUT2D eigenvalue weighted by atomic mass is 9.81. The number of ether oxygens (including phenoxy) is 4. The summed E-state index contributed by atoms with van der Waals surface area (Å²) in [5.41, 5.74) is 17.1. The number of aliphatic hydroxyl groups is 4. The summed E-state index contributed by atoms with van der Waals surface area (Å²) >= 11 is 0. The van der Waals surface area contributed by atoms with Gasteiger partial charge in [0.25, 0.3) is 0 Å². The molecule has 188 valence electrons. The first-order valence-corrected chi connectivity index (χ1v) is 11.3. The molecule has 12 heteroatoms. The van der Waals surface area contributed by atoms with Crippen LogP contribution in [0.5, 0.6) is 0 Å². The van der Waals surface area contributed by atoms with E-state index in [9.17, 15) is 20.4 Å². The van der Waals surface area contributed by atoms with Crippen molar-refractivity contribution in [2.75, 3.05) is 13.7 Å². The summed E-state index contributed by atoms with van der Waals surface area (Å²) in [4.78, 5) is 0. The standard InChI is InChI=1S/C20H40N4O8/c1-4-8-5-6-9(21)18(30-8)31-15-10(22)12(25)11(23)16(13(15)26)32-19-14(27)17(24-3)20(2,28)7-29-19/h8-19,24-28H,4-7,21-23H2,1-3H3/t8?,9?,10-,11+,12?,13?,14?,15?,16-,17+,18+,19+,20-/m0/s1. The number of nitrogens with one attached hydrogen (secondary N) is 1. The molecule has 3 aliphatic rings. The SMILES string of the molecule is CCC1CCC(N)[C@@H](OC2C(O)[C@@H](O[C@H]3OC[C@](C)(O)[C@H](NC)C3O)[C@H](N)C(O)[C@@H]2N)O1. The summed E-state index contributed by atoms with van der Waals surface area (Å²) in [6, 6.07) is -3.25. The molecule has 1 aliphatic carbocycles. The Hall–Kier alpha value is -0.480. The maximum atomic E-state index is 11.1. The average Bonchev–Trinajstić information content (AvgIpc) is 2.75. The summed E-state index contributed by atoms with van der Waals surface area (Å²) in [6.07, 6.45) is -5.88. The summed E-state index contributed by atoms with van der Waals surface area (Å²) in [5.74, 6) is 0. The van der Waals surface area contributed by atoms with E-state index in [1.165, 1.54) is 6.92 Å². The van der Waals surface area contributed by atoms with Gasteiger partial charge >= 0.3 is 0 Å². The molecule has 3 fully saturated rings. The lowest BCUT2D eigenvalue weighted by Gasteiger charge is -2.49. The van der Waals surface area contributed by atoms with Crippen LogP contribution in [-0.4, -0.2) is 113 Å². The Balaban J connectivity index is 1.73. The van der Waals surface area contributed by atoms with Crippen molar-refractivity contribution in [3.05, 3.63) is 0 Å². The Morgan fingerprint density at radius 1 is 0.969 bits per heavy atom. The highest BCUT2D eigenvalue weighted by atomic mass is 16.7. The van der Waals surface area contributed by atoms with E-state index >= 15 is 0 Å². The molecule has 0 amide bonds. The third-order valence-electron chi connectivity index (χ3n) is 6.90. The second-order valence-corrected chi connectivity index (χ2v) is 9.41. The van der Waals surface area contributed by atoms with Crippen LogP contribution in [0.15, 0.2) is 0 Å². The van der Waals surface area contributed by atoms with E-state index in [-0.39, 0.29) is 12.7 Å². The molecule has 1 saturated carbocycles. The highest BCUT2D eigenvalue weighted by Crippen LogP contribution is 2.32. The van der Waals surface area contributed by atoms with Crippen molar-refractivity contribution >= 4 is 0 Å². The second-order valence-electron chi connectivity index (χ2n) is 9.41. The molecule has 3 rings (SSSR count). The Labute approximate surface area is 188 Å². The van der Waals surface area contributed by atoms with Gasteiger partial charge in [0.2, 0.25) is 0 Å². The third-order valence-corrected chi connectivity index (χ3v) is 6.90. The average molecular weight is 465 g/mol. The third kappa shape index (κ3) is 5.11. The van der Waals surface area contributed by atoms with Gasteiger partial charge < -0.3 is 61.9 Å². The molecule has 2 aliphatic heterocycles. The highest BCUT2D eigenvalue weighted by Gasteiger charge is 2.53. The summed E-state index contributed by atoms with van der Waals surface area (Å²) < 4.78 is 23.2. The molecule has 2 saturated heterocycles. The van der Waals surface area contributed by atoms with Crippen LogP contribution in [0.3, 0.4) is 0 Å². The first-order valence-electron chi connectivity index (χ1n) is 11.3. The van der Waals surface area contributed by atoms with Gasteiger partial charge in [0.15, 0.2) is 12.6 Å². The number of aliphatic hydroxyl groups excluding tert-OH is 3. The highest BCUT2D eigenvalue weighted by molar-refractivity contribution is 5.06. The maximum Gasteiger partial charge on any atom is 0.185 e. The van der Waals surface area contributed by atoms with Crippen molar-refractivity contribution in [3.63, 3.8) is 0 Å². The monoisotopic (exact) mass is 464 g/mol. The van der Waals surface area contributed by atoms with E-state index < -0.39 is 72.9 Å². The predicted molar refractivity (Wildman–Crippen MR) is 113 cm³/mol. The van der Waals surface area contributed by atoms with Gasteiger partial charge in [-0.15, -0.1) is 0 Å². The lowest BCUT2D eigenvalue weighted by Crippen LogP contribution is -2.72. The fraction of sp³-hybridized carbons (Fsp3) is 1.00. The van der Waals surface area contributed by atoms with Crippen molar-refractivity contribution in [1.29, 1.82) is 0 Å². The fourth-order valence-electron chi connectivity index (χ4n) is 4.81. The van der Waals surface area contributed by atoms with Crippen molar-refractivity contribution in [1.82, 2.24) is 5.32 Å². The molecule has 0 aromatic rings. The first-order chi connectivity index (χ1) is 15.0. The number of nitrogens with two attached hydrogens (primary N) is 3. The van der Waals surface area contributed by atoms with Gasteiger partial charge in [-0.05, 0) is 33.2 Å². The maximum absolute atomic E-state index is 11.1. The van der Waals surface area contributed by atoms with Gasteiger partial charge in [-0.3, -0.25) is 0 Å². The van der Waals surface area contributed by atoms with Crippen molar-refractivity contribution in [2.24, 2.45) is 17.2 Å². The van der Waals surface area contributed by atoms with E-state index in [2.05, 4.69) is 5.32 Å². The van der Waals surface area contributed by atoms with Crippen LogP contribution in [0, 0.1) is 0 Å². The molecule has 12 nitrogen and oxygen atoms in total. The van der Waals surface area contributed by atoms with Crippen molar-refractivity contribution in [2.45, 2.75) is 112 Å². The fourth-order valence-corrected chi connectivity index (χ4v) is 4.81. The normalized spacial score (nSPS) is 52.7. The number of hydrogen-bond acceptors (Lipinski definition) is 12. The Kier molecular flexibility index (Phi) is 8.51. The zero-order valence-corrected chi connectivity index (χ0v) is 18.9. The van der Waals surface area contributed by atoms with Gasteiger partial charge in [-0.1, -0.05) is 6.92 Å². The number of likely N-dealkylation sites (N-methyl/N-ethyl adjacent to an activating group) is 1. The summed E-state index contributed by atoms with van der Waals surface area (Å²) in [5, 5.41) is 45.6. The van der Waals surface area contributed by atoms with Crippen molar-refractivity contribution < 1.29 is 39.4 Å². The molecule has 0 spiro atoms. The Morgan fingerprint density at radius 3 is 2.12 bits per heavy atom. The predicted octanol–water partition coefficient (Wildman–Crippen LogP) is -3.55. The first kappa shape index (κ1) is 26.1. The van der Waals surface area contributed by atoms with E-state index in [0.717, 1.165) is 12.8 Å². The molecule has 0 bridgehead atoms. The molecule has 0 aromatic carbocycles. The van der Waals surface area contributed by atoms with Gasteiger partial charge in [-0.2, -0.15) is 0 Å². The van der Waals surface area contributed by atoms with Crippen LogP contribution in [0.1, 0.15) is 33.1 Å². The molecule has 32 heavy (non-hydrogen) atoms. The minimum absolute atomic E-state index is 0.0203. The van der Waals surface area contributed by atoms with Crippen LogP contribution in [-0.2, 0) is 18.9 Å². The quantitative estimate of drug-likeness (QED) is 0.192. The second kappa shape index (κ2) is 10.4. The Morgan fingerprint density at radius 2 is 1.56 bits per heavy atom. The van der Waals surface area contributed by atoms with Gasteiger partial charge in [0.1, 0.15) is 30.0 Å². The minimum Gasteiger partial charge on any atom is -0.390 e. The van der Waals surface area contributed by atoms with Gasteiger partial charge in [0, 0.05) is 0 Å². The lowest BCUT2D eigenvalue weighted by molar-refractivity contribution is -0.312. The van der Waals surface area contributed by atoms with E-state index in [0.29, 0.717) is 6.42 Å². The molecule has 0 aromatic heterocycles. The van der Waals surface area contributed by atoms with Gasteiger partial charge in [0.05, 0.1) is 43.0 Å². The minimum atomic E-state index is -1.35. The van der Waals surface area contributed by atoms with Crippen molar-refractivity contribution in [3.8, 4) is 0 Å². The van der Waals surface area contributed by atoms with Crippen LogP contribution in [0.4, 0.5) is 0 Å². The molecular weight excluding hydrogens is 424 g/mol. The van der Waals surface area contributed by atoms with E-state index in [1.54, 1.807) is 7.05 Å². The molecule has 0 radical (unpaired) electrons. The summed E-state index contributed by atoms with van der Waals surface area (Å²) in [6.45, 7) is 3.40. The number of rotatable bonds is 6. The van der Waals surface area contributed by atoms with Crippen LogP contribution >= 0.6 is 0 Å². The molecular formula is C20H40N4O8. The summed E-state index contributed by atoms with van der Waals surface area (Å²) in [7, 11) is 1.59. The van der Waals surface area contributed by atoms with Crippen LogP contribution < -0.4 is 22.5 Å².